The minimum atomic E-state index is 0.400. The molecule has 0 bridgehead atoms. The van der Waals surface area contributed by atoms with Crippen molar-refractivity contribution < 1.29 is 0 Å². The van der Waals surface area contributed by atoms with Crippen molar-refractivity contribution in [1.82, 2.24) is 10.2 Å². The van der Waals surface area contributed by atoms with E-state index in [0.717, 1.165) is 19.6 Å². The molecular formula is C14H25BrN2S. The van der Waals surface area contributed by atoms with Crippen molar-refractivity contribution in [2.24, 2.45) is 5.41 Å². The second-order valence-electron chi connectivity index (χ2n) is 5.17. The van der Waals surface area contributed by atoms with Crippen LogP contribution in [0.2, 0.25) is 0 Å². The fourth-order valence-corrected chi connectivity index (χ4v) is 3.72. The van der Waals surface area contributed by atoms with Crippen molar-refractivity contribution in [2.45, 2.75) is 33.2 Å². The first-order chi connectivity index (χ1) is 8.55. The van der Waals surface area contributed by atoms with Gasteiger partial charge in [-0.3, -0.25) is 0 Å². The van der Waals surface area contributed by atoms with Gasteiger partial charge in [-0.15, -0.1) is 11.3 Å². The molecule has 0 saturated carbocycles. The van der Waals surface area contributed by atoms with Crippen LogP contribution in [-0.2, 0) is 6.54 Å². The average Bonchev–Trinajstić information content (AvgIpc) is 2.74. The van der Waals surface area contributed by atoms with Gasteiger partial charge in [0.15, 0.2) is 0 Å². The lowest BCUT2D eigenvalue weighted by Gasteiger charge is -2.35. The standard InChI is InChI=1S/C14H25BrN2S/c1-5-14(6-2,10-16-3)11-17(4)8-12-7-13(15)18-9-12/h7,9,16H,5-6,8,10-11H2,1-4H3. The molecule has 0 spiro atoms. The topological polar surface area (TPSA) is 15.3 Å². The fourth-order valence-electron chi connectivity index (χ4n) is 2.52. The van der Waals surface area contributed by atoms with Crippen LogP contribution in [-0.4, -0.2) is 32.1 Å². The zero-order valence-corrected chi connectivity index (χ0v) is 14.3. The van der Waals surface area contributed by atoms with Gasteiger partial charge in [0.1, 0.15) is 0 Å². The molecule has 0 aliphatic rings. The second kappa shape index (κ2) is 7.63. The molecule has 0 aliphatic heterocycles. The van der Waals surface area contributed by atoms with E-state index >= 15 is 0 Å². The number of nitrogens with zero attached hydrogens (tertiary/aromatic N) is 1. The highest BCUT2D eigenvalue weighted by molar-refractivity contribution is 9.11. The molecule has 18 heavy (non-hydrogen) atoms. The molecule has 1 aromatic heterocycles. The lowest BCUT2D eigenvalue weighted by atomic mass is 9.81. The monoisotopic (exact) mass is 332 g/mol. The van der Waals surface area contributed by atoms with Gasteiger partial charge in [0.25, 0.3) is 0 Å². The molecule has 0 aromatic carbocycles. The molecule has 0 fully saturated rings. The Kier molecular flexibility index (Phi) is 6.85. The van der Waals surface area contributed by atoms with Crippen molar-refractivity contribution in [2.75, 3.05) is 27.2 Å². The van der Waals surface area contributed by atoms with E-state index in [-0.39, 0.29) is 0 Å². The normalized spacial score (nSPS) is 12.3. The third-order valence-electron chi connectivity index (χ3n) is 3.73. The predicted octanol–water partition coefficient (Wildman–Crippen LogP) is 3.97. The molecule has 2 nitrogen and oxygen atoms in total. The molecule has 1 N–H and O–H groups in total. The van der Waals surface area contributed by atoms with Gasteiger partial charge >= 0.3 is 0 Å². The first kappa shape index (κ1) is 16.2. The Morgan fingerprint density at radius 2 is 2.06 bits per heavy atom. The van der Waals surface area contributed by atoms with Crippen LogP contribution in [0.15, 0.2) is 15.2 Å². The van der Waals surface area contributed by atoms with Gasteiger partial charge in [0, 0.05) is 19.6 Å². The number of hydrogen-bond donors (Lipinski definition) is 1. The number of nitrogens with one attached hydrogen (secondary N) is 1. The Hall–Kier alpha value is 0.100. The summed E-state index contributed by atoms with van der Waals surface area (Å²) in [6, 6.07) is 2.22. The third kappa shape index (κ3) is 4.65. The van der Waals surface area contributed by atoms with Crippen molar-refractivity contribution >= 4 is 27.3 Å². The molecule has 4 heteroatoms. The molecular weight excluding hydrogens is 308 g/mol. The summed E-state index contributed by atoms with van der Waals surface area (Å²) in [4.78, 5) is 2.44. The summed E-state index contributed by atoms with van der Waals surface area (Å²) in [7, 11) is 4.28. The molecule has 0 radical (unpaired) electrons. The Morgan fingerprint density at radius 3 is 2.50 bits per heavy atom. The van der Waals surface area contributed by atoms with Crippen LogP contribution in [0.1, 0.15) is 32.3 Å². The highest BCUT2D eigenvalue weighted by Gasteiger charge is 2.26. The van der Waals surface area contributed by atoms with Gasteiger partial charge in [-0.1, -0.05) is 13.8 Å². The van der Waals surface area contributed by atoms with Gasteiger partial charge in [-0.2, -0.15) is 0 Å². The number of rotatable bonds is 8. The van der Waals surface area contributed by atoms with E-state index in [0.29, 0.717) is 5.41 Å². The SMILES string of the molecule is CCC(CC)(CNC)CN(C)Cc1csc(Br)c1. The van der Waals surface area contributed by atoms with Gasteiger partial charge in [0.2, 0.25) is 0 Å². The summed E-state index contributed by atoms with van der Waals surface area (Å²) in [5.41, 5.74) is 1.80. The second-order valence-corrected chi connectivity index (χ2v) is 7.46. The summed E-state index contributed by atoms with van der Waals surface area (Å²) in [6.45, 7) is 7.88. The summed E-state index contributed by atoms with van der Waals surface area (Å²) < 4.78 is 1.22. The van der Waals surface area contributed by atoms with E-state index in [2.05, 4.69) is 65.5 Å². The van der Waals surface area contributed by atoms with E-state index in [4.69, 9.17) is 0 Å². The average molecular weight is 333 g/mol. The summed E-state index contributed by atoms with van der Waals surface area (Å²) in [6.07, 6.45) is 2.45. The molecule has 0 saturated heterocycles. The minimum Gasteiger partial charge on any atom is -0.319 e. The third-order valence-corrected chi connectivity index (χ3v) is 5.28. The molecule has 0 aliphatic carbocycles. The lowest BCUT2D eigenvalue weighted by Crippen LogP contribution is -2.41. The van der Waals surface area contributed by atoms with Gasteiger partial charge in [0.05, 0.1) is 3.79 Å². The van der Waals surface area contributed by atoms with Crippen molar-refractivity contribution in [3.8, 4) is 0 Å². The smallest absolute Gasteiger partial charge is 0.0701 e. The van der Waals surface area contributed by atoms with Crippen LogP contribution in [0.5, 0.6) is 0 Å². The summed E-state index contributed by atoms with van der Waals surface area (Å²) in [5.74, 6) is 0. The Balaban J connectivity index is 2.58. The molecule has 1 aromatic rings. The van der Waals surface area contributed by atoms with Crippen molar-refractivity contribution in [1.29, 1.82) is 0 Å². The zero-order valence-electron chi connectivity index (χ0n) is 11.9. The number of thiophene rings is 1. The Bertz CT molecular complexity index is 347. The van der Waals surface area contributed by atoms with Crippen molar-refractivity contribution in [3.63, 3.8) is 0 Å². The van der Waals surface area contributed by atoms with E-state index < -0.39 is 0 Å². The van der Waals surface area contributed by atoms with E-state index in [1.165, 1.54) is 22.2 Å². The molecule has 0 amide bonds. The van der Waals surface area contributed by atoms with Crippen LogP contribution < -0.4 is 5.32 Å². The lowest BCUT2D eigenvalue weighted by molar-refractivity contribution is 0.153. The maximum absolute atomic E-state index is 3.53. The van der Waals surface area contributed by atoms with Crippen LogP contribution in [0.25, 0.3) is 0 Å². The summed E-state index contributed by atoms with van der Waals surface area (Å²) in [5, 5.41) is 5.59. The largest absolute Gasteiger partial charge is 0.319 e. The van der Waals surface area contributed by atoms with Gasteiger partial charge in [-0.05, 0) is 65.3 Å². The predicted molar refractivity (Wildman–Crippen MR) is 85.3 cm³/mol. The molecule has 0 atom stereocenters. The molecule has 0 unspecified atom stereocenters. The molecule has 1 heterocycles. The fraction of sp³-hybridized carbons (Fsp3) is 0.714. The van der Waals surface area contributed by atoms with E-state index in [1.54, 1.807) is 11.3 Å². The molecule has 1 rings (SSSR count). The van der Waals surface area contributed by atoms with Crippen LogP contribution in [0.3, 0.4) is 0 Å². The Morgan fingerprint density at radius 1 is 1.39 bits per heavy atom. The van der Waals surface area contributed by atoms with E-state index in [1.807, 2.05) is 0 Å². The van der Waals surface area contributed by atoms with Crippen LogP contribution >= 0.6 is 27.3 Å². The number of halogens is 1. The van der Waals surface area contributed by atoms with E-state index in [9.17, 15) is 0 Å². The minimum absolute atomic E-state index is 0.400. The van der Waals surface area contributed by atoms with Gasteiger partial charge in [-0.25, -0.2) is 0 Å². The first-order valence-electron chi connectivity index (χ1n) is 6.61. The highest BCUT2D eigenvalue weighted by Crippen LogP contribution is 2.28. The van der Waals surface area contributed by atoms with Gasteiger partial charge < -0.3 is 10.2 Å². The maximum atomic E-state index is 3.53. The van der Waals surface area contributed by atoms with Crippen LogP contribution in [0, 0.1) is 5.41 Å². The quantitative estimate of drug-likeness (QED) is 0.774. The summed E-state index contributed by atoms with van der Waals surface area (Å²) >= 11 is 5.29. The van der Waals surface area contributed by atoms with Crippen molar-refractivity contribution in [3.05, 3.63) is 20.8 Å². The van der Waals surface area contributed by atoms with Crippen LogP contribution in [0.4, 0.5) is 0 Å². The molecule has 104 valence electrons. The highest BCUT2D eigenvalue weighted by atomic mass is 79.9. The maximum Gasteiger partial charge on any atom is 0.0701 e. The zero-order chi connectivity index (χ0) is 13.6. The first-order valence-corrected chi connectivity index (χ1v) is 8.28. The number of hydrogen-bond acceptors (Lipinski definition) is 3. The Labute approximate surface area is 124 Å².